The van der Waals surface area contributed by atoms with Gasteiger partial charge in [0.25, 0.3) is 5.91 Å². The molecule has 1 N–H and O–H groups in total. The lowest BCUT2D eigenvalue weighted by atomic mass is 9.97. The highest BCUT2D eigenvalue weighted by Crippen LogP contribution is 2.38. The Hall–Kier alpha value is -1.59. The van der Waals surface area contributed by atoms with Gasteiger partial charge in [-0.3, -0.25) is 9.89 Å². The molecule has 2 aliphatic rings. The van der Waals surface area contributed by atoms with Crippen LogP contribution in [-0.4, -0.2) is 45.8 Å². The smallest absolute Gasteiger partial charge is 0.257 e. The average molecular weight is 334 g/mol. The Kier molecular flexibility index (Phi) is 3.58. The van der Waals surface area contributed by atoms with Crippen molar-refractivity contribution in [2.45, 2.75) is 44.3 Å². The number of nitrogens with one attached hydrogen (secondary N) is 1. The van der Waals surface area contributed by atoms with Gasteiger partial charge in [0.15, 0.2) is 0 Å². The molecular weight excluding hydrogens is 314 g/mol. The van der Waals surface area contributed by atoms with Crippen molar-refractivity contribution in [3.05, 3.63) is 28.9 Å². The summed E-state index contributed by atoms with van der Waals surface area (Å²) in [6.07, 6.45) is 6.16. The zero-order chi connectivity index (χ0) is 16.0. The van der Waals surface area contributed by atoms with E-state index in [9.17, 15) is 4.79 Å². The fourth-order valence-electron chi connectivity index (χ4n) is 4.03. The fourth-order valence-corrected chi connectivity index (χ4v) is 4.27. The summed E-state index contributed by atoms with van der Waals surface area (Å²) >= 11 is 6.34. The number of amides is 1. The van der Waals surface area contributed by atoms with E-state index in [2.05, 4.69) is 10.2 Å². The number of carbonyl (C=O) groups excluding carboxylic acids is 1. The summed E-state index contributed by atoms with van der Waals surface area (Å²) in [6, 6.07) is 3.64. The summed E-state index contributed by atoms with van der Waals surface area (Å²) in [5.74, 6) is -0.0359. The standard InChI is InChI=1S/C17H20ClN3O2/c1-11-9-21(10-17(23-11)6-2-3-7-17)16(22)14-13(18)5-4-12-8-19-20-15(12)14/h4-5,8,11H,2-3,6-7,9-10H2,1H3,(H,19,20). The monoisotopic (exact) mass is 333 g/mol. The number of hydrogen-bond donors (Lipinski definition) is 1. The minimum Gasteiger partial charge on any atom is -0.368 e. The van der Waals surface area contributed by atoms with Crippen molar-refractivity contribution < 1.29 is 9.53 Å². The molecule has 2 fully saturated rings. The normalized spacial score (nSPS) is 23.7. The van der Waals surface area contributed by atoms with Crippen LogP contribution in [0.3, 0.4) is 0 Å². The summed E-state index contributed by atoms with van der Waals surface area (Å²) in [5, 5.41) is 8.31. The quantitative estimate of drug-likeness (QED) is 0.870. The Bertz CT molecular complexity index is 751. The molecule has 1 amide bonds. The summed E-state index contributed by atoms with van der Waals surface area (Å²) in [7, 11) is 0. The highest BCUT2D eigenvalue weighted by atomic mass is 35.5. The second-order valence-electron chi connectivity index (χ2n) is 6.76. The zero-order valence-electron chi connectivity index (χ0n) is 13.1. The molecule has 1 aromatic carbocycles. The van der Waals surface area contributed by atoms with Gasteiger partial charge in [0.1, 0.15) is 0 Å². The molecule has 1 spiro atoms. The first-order valence-electron chi connectivity index (χ1n) is 8.17. The van der Waals surface area contributed by atoms with E-state index >= 15 is 0 Å². The molecule has 1 atom stereocenters. The highest BCUT2D eigenvalue weighted by molar-refractivity contribution is 6.35. The summed E-state index contributed by atoms with van der Waals surface area (Å²) < 4.78 is 6.21. The predicted molar refractivity (Wildman–Crippen MR) is 88.8 cm³/mol. The molecule has 1 aliphatic carbocycles. The maximum Gasteiger partial charge on any atom is 0.257 e. The molecule has 1 aromatic heterocycles. The SMILES string of the molecule is CC1CN(C(=O)c2c(Cl)ccc3cn[nH]c23)CC2(CCCC2)O1. The molecule has 4 rings (SSSR count). The molecule has 0 bridgehead atoms. The van der Waals surface area contributed by atoms with Crippen LogP contribution < -0.4 is 0 Å². The molecule has 2 heterocycles. The number of carbonyl (C=O) groups is 1. The molecule has 23 heavy (non-hydrogen) atoms. The van der Waals surface area contributed by atoms with Crippen molar-refractivity contribution in [2.75, 3.05) is 13.1 Å². The van der Waals surface area contributed by atoms with E-state index in [1.54, 1.807) is 12.3 Å². The van der Waals surface area contributed by atoms with Gasteiger partial charge in [-0.15, -0.1) is 0 Å². The maximum atomic E-state index is 13.2. The molecule has 2 aromatic rings. The lowest BCUT2D eigenvalue weighted by Gasteiger charge is -2.43. The number of benzene rings is 1. The fraction of sp³-hybridized carbons (Fsp3) is 0.529. The Labute approximate surface area is 139 Å². The van der Waals surface area contributed by atoms with E-state index in [4.69, 9.17) is 16.3 Å². The van der Waals surface area contributed by atoms with Crippen molar-refractivity contribution in [2.24, 2.45) is 0 Å². The van der Waals surface area contributed by atoms with Crippen LogP contribution in [0.15, 0.2) is 18.3 Å². The maximum absolute atomic E-state index is 13.2. The third-order valence-electron chi connectivity index (χ3n) is 4.99. The van der Waals surface area contributed by atoms with Gasteiger partial charge in [-0.05, 0) is 31.9 Å². The van der Waals surface area contributed by atoms with Gasteiger partial charge in [-0.1, -0.05) is 24.4 Å². The summed E-state index contributed by atoms with van der Waals surface area (Å²) in [6.45, 7) is 3.29. The zero-order valence-corrected chi connectivity index (χ0v) is 13.9. The Morgan fingerprint density at radius 1 is 1.43 bits per heavy atom. The minimum atomic E-state index is -0.165. The molecule has 0 radical (unpaired) electrons. The molecule has 1 aliphatic heterocycles. The predicted octanol–water partition coefficient (Wildman–Crippen LogP) is 3.39. The number of aromatic amines is 1. The molecule has 5 nitrogen and oxygen atoms in total. The van der Waals surface area contributed by atoms with Crippen molar-refractivity contribution in [1.82, 2.24) is 15.1 Å². The average Bonchev–Trinajstić information content (AvgIpc) is 3.15. The summed E-state index contributed by atoms with van der Waals surface area (Å²) in [4.78, 5) is 15.1. The first-order chi connectivity index (χ1) is 11.1. The first-order valence-corrected chi connectivity index (χ1v) is 8.54. The van der Waals surface area contributed by atoms with Crippen LogP contribution >= 0.6 is 11.6 Å². The topological polar surface area (TPSA) is 58.2 Å². The molecule has 122 valence electrons. The van der Waals surface area contributed by atoms with Crippen LogP contribution in [0.4, 0.5) is 0 Å². The van der Waals surface area contributed by atoms with Crippen LogP contribution in [0.2, 0.25) is 5.02 Å². The number of halogens is 1. The second kappa shape index (κ2) is 5.49. The molecule has 1 saturated carbocycles. The Balaban J connectivity index is 1.70. The van der Waals surface area contributed by atoms with Crippen molar-refractivity contribution >= 4 is 28.4 Å². The number of ether oxygens (including phenoxy) is 1. The van der Waals surface area contributed by atoms with Gasteiger partial charge in [0.05, 0.1) is 40.5 Å². The van der Waals surface area contributed by atoms with Crippen LogP contribution in [0.1, 0.15) is 43.0 Å². The van der Waals surface area contributed by atoms with Crippen LogP contribution in [0.25, 0.3) is 10.9 Å². The van der Waals surface area contributed by atoms with Crippen molar-refractivity contribution in [1.29, 1.82) is 0 Å². The van der Waals surface area contributed by atoms with Crippen LogP contribution in [0.5, 0.6) is 0 Å². The number of rotatable bonds is 1. The van der Waals surface area contributed by atoms with Gasteiger partial charge in [0, 0.05) is 11.9 Å². The Morgan fingerprint density at radius 2 is 2.22 bits per heavy atom. The van der Waals surface area contributed by atoms with Crippen molar-refractivity contribution in [3.8, 4) is 0 Å². The third kappa shape index (κ3) is 2.52. The molecular formula is C17H20ClN3O2. The first kappa shape index (κ1) is 15.0. The number of fused-ring (bicyclic) bond motifs is 1. The van der Waals surface area contributed by atoms with Gasteiger partial charge < -0.3 is 9.64 Å². The highest BCUT2D eigenvalue weighted by Gasteiger charge is 2.43. The van der Waals surface area contributed by atoms with Gasteiger partial charge in [0.2, 0.25) is 0 Å². The van der Waals surface area contributed by atoms with E-state index in [0.29, 0.717) is 29.2 Å². The second-order valence-corrected chi connectivity index (χ2v) is 7.17. The van der Waals surface area contributed by atoms with E-state index in [-0.39, 0.29) is 17.6 Å². The molecule has 6 heteroatoms. The largest absolute Gasteiger partial charge is 0.368 e. The van der Waals surface area contributed by atoms with E-state index < -0.39 is 0 Å². The third-order valence-corrected chi connectivity index (χ3v) is 5.31. The number of hydrogen-bond acceptors (Lipinski definition) is 3. The molecule has 1 unspecified atom stereocenters. The van der Waals surface area contributed by atoms with Crippen LogP contribution in [-0.2, 0) is 4.74 Å². The Morgan fingerprint density at radius 3 is 3.00 bits per heavy atom. The van der Waals surface area contributed by atoms with Gasteiger partial charge in [-0.25, -0.2) is 0 Å². The number of aromatic nitrogens is 2. The number of nitrogens with zero attached hydrogens (tertiary/aromatic N) is 2. The van der Waals surface area contributed by atoms with Gasteiger partial charge in [-0.2, -0.15) is 5.10 Å². The number of H-pyrrole nitrogens is 1. The lowest BCUT2D eigenvalue weighted by Crippen LogP contribution is -2.55. The van der Waals surface area contributed by atoms with Crippen molar-refractivity contribution in [3.63, 3.8) is 0 Å². The molecule has 1 saturated heterocycles. The van der Waals surface area contributed by atoms with E-state index in [1.807, 2.05) is 17.9 Å². The van der Waals surface area contributed by atoms with E-state index in [1.165, 1.54) is 12.8 Å². The number of morpholine rings is 1. The van der Waals surface area contributed by atoms with Crippen LogP contribution in [0, 0.1) is 0 Å². The van der Waals surface area contributed by atoms with Gasteiger partial charge >= 0.3 is 0 Å². The summed E-state index contributed by atoms with van der Waals surface area (Å²) in [5.41, 5.74) is 1.06. The lowest BCUT2D eigenvalue weighted by molar-refractivity contribution is -0.135. The minimum absolute atomic E-state index is 0.0359. The van der Waals surface area contributed by atoms with E-state index in [0.717, 1.165) is 18.2 Å².